The molecule has 0 radical (unpaired) electrons. The highest BCUT2D eigenvalue weighted by Gasteiger charge is 2.28. The predicted octanol–water partition coefficient (Wildman–Crippen LogP) is -1.04. The van der Waals surface area contributed by atoms with Crippen molar-refractivity contribution in [1.82, 2.24) is 5.32 Å². The molecule has 5 nitrogen and oxygen atoms in total. The molecule has 0 bridgehead atoms. The fourth-order valence-corrected chi connectivity index (χ4v) is 0.975. The lowest BCUT2D eigenvalue weighted by Crippen LogP contribution is -2.53. The van der Waals surface area contributed by atoms with Gasteiger partial charge in [-0.25, -0.2) is 4.79 Å². The van der Waals surface area contributed by atoms with Gasteiger partial charge in [-0.05, 0) is 6.42 Å². The van der Waals surface area contributed by atoms with E-state index in [2.05, 4.69) is 5.32 Å². The molecule has 5 heteroatoms. The van der Waals surface area contributed by atoms with Crippen LogP contribution in [0, 0.1) is 0 Å². The van der Waals surface area contributed by atoms with Gasteiger partial charge in [0.2, 0.25) is 5.78 Å². The largest absolute Gasteiger partial charge is 0.476 e. The molecule has 1 aliphatic rings. The molecule has 1 fully saturated rings. The minimum absolute atomic E-state index is 0.0492. The van der Waals surface area contributed by atoms with E-state index in [0.29, 0.717) is 13.0 Å². The normalized spacial score (nSPS) is 21.7. The van der Waals surface area contributed by atoms with E-state index in [9.17, 15) is 14.4 Å². The van der Waals surface area contributed by atoms with Crippen LogP contribution in [0.25, 0.3) is 0 Å². The van der Waals surface area contributed by atoms with Gasteiger partial charge in [-0.15, -0.1) is 0 Å². The second kappa shape index (κ2) is 3.44. The van der Waals surface area contributed by atoms with Gasteiger partial charge in [0.1, 0.15) is 0 Å². The van der Waals surface area contributed by atoms with Crippen LogP contribution in [0.1, 0.15) is 12.8 Å². The maximum atomic E-state index is 10.7. The number of aliphatic carboxylic acids is 1. The van der Waals surface area contributed by atoms with E-state index in [0.717, 1.165) is 0 Å². The van der Waals surface area contributed by atoms with Gasteiger partial charge in [0.15, 0.2) is 5.78 Å². The van der Waals surface area contributed by atoms with Gasteiger partial charge in [0, 0.05) is 6.42 Å². The third kappa shape index (κ3) is 1.88. The molecule has 2 N–H and O–H groups in total. The molecular weight excluding hydrogens is 162 g/mol. The lowest BCUT2D eigenvalue weighted by Gasteiger charge is -2.25. The summed E-state index contributed by atoms with van der Waals surface area (Å²) in [6, 6.07) is -0.298. The maximum absolute atomic E-state index is 10.7. The van der Waals surface area contributed by atoms with E-state index in [1.54, 1.807) is 0 Å². The van der Waals surface area contributed by atoms with Crippen molar-refractivity contribution in [3.8, 4) is 0 Å². The number of rotatable bonds is 4. The summed E-state index contributed by atoms with van der Waals surface area (Å²) in [7, 11) is 0. The molecule has 1 rings (SSSR count). The highest BCUT2D eigenvalue weighted by atomic mass is 16.4. The van der Waals surface area contributed by atoms with Gasteiger partial charge in [-0.3, -0.25) is 9.59 Å². The Bertz CT molecular complexity index is 236. The Kier molecular flexibility index (Phi) is 2.54. The summed E-state index contributed by atoms with van der Waals surface area (Å²) >= 11 is 0. The van der Waals surface area contributed by atoms with Crippen molar-refractivity contribution in [1.29, 1.82) is 0 Å². The number of carbonyl (C=O) groups excluding carboxylic acids is 2. The standard InChI is InChI=1S/C7H9NO4/c9-5(7(11)12)2-1-4-6(10)3-8-4/h4,8H,1-3H2,(H,11,12). The van der Waals surface area contributed by atoms with Crippen LogP contribution in [0.15, 0.2) is 0 Å². The Morgan fingerprint density at radius 2 is 2.25 bits per heavy atom. The van der Waals surface area contributed by atoms with Crippen LogP contribution in [0.2, 0.25) is 0 Å². The van der Waals surface area contributed by atoms with E-state index in [-0.39, 0.29) is 18.2 Å². The number of hydrogen-bond donors (Lipinski definition) is 2. The van der Waals surface area contributed by atoms with E-state index in [1.165, 1.54) is 0 Å². The second-order valence-electron chi connectivity index (χ2n) is 2.67. The first-order chi connectivity index (χ1) is 5.61. The molecule has 0 saturated carbocycles. The summed E-state index contributed by atoms with van der Waals surface area (Å²) in [5.74, 6) is -2.22. The zero-order valence-electron chi connectivity index (χ0n) is 6.37. The average molecular weight is 171 g/mol. The summed E-state index contributed by atoms with van der Waals surface area (Å²) in [6.45, 7) is 0.339. The highest BCUT2D eigenvalue weighted by Crippen LogP contribution is 2.05. The van der Waals surface area contributed by atoms with Gasteiger partial charge in [-0.1, -0.05) is 0 Å². The third-order valence-electron chi connectivity index (χ3n) is 1.81. The maximum Gasteiger partial charge on any atom is 0.372 e. The first-order valence-electron chi connectivity index (χ1n) is 3.63. The summed E-state index contributed by atoms with van der Waals surface area (Å²) in [6.07, 6.45) is 0.225. The van der Waals surface area contributed by atoms with Crippen molar-refractivity contribution in [3.63, 3.8) is 0 Å². The molecule has 1 saturated heterocycles. The molecule has 1 unspecified atom stereocenters. The molecule has 12 heavy (non-hydrogen) atoms. The second-order valence-corrected chi connectivity index (χ2v) is 2.67. The third-order valence-corrected chi connectivity index (χ3v) is 1.81. The van der Waals surface area contributed by atoms with Crippen molar-refractivity contribution in [2.24, 2.45) is 0 Å². The summed E-state index contributed by atoms with van der Waals surface area (Å²) < 4.78 is 0. The number of Topliss-reactive ketones (excluding diaryl/α,β-unsaturated/α-hetero) is 2. The Hall–Kier alpha value is -1.23. The fraction of sp³-hybridized carbons (Fsp3) is 0.571. The smallest absolute Gasteiger partial charge is 0.372 e. The highest BCUT2D eigenvalue weighted by molar-refractivity contribution is 6.32. The predicted molar refractivity (Wildman–Crippen MR) is 38.7 cm³/mol. The zero-order chi connectivity index (χ0) is 9.14. The minimum Gasteiger partial charge on any atom is -0.476 e. The van der Waals surface area contributed by atoms with Crippen molar-refractivity contribution in [2.75, 3.05) is 6.54 Å². The van der Waals surface area contributed by atoms with Gasteiger partial charge in [0.05, 0.1) is 12.6 Å². The molecule has 0 aromatic rings. The van der Waals surface area contributed by atoms with Crippen LogP contribution in [0.3, 0.4) is 0 Å². The van der Waals surface area contributed by atoms with Crippen LogP contribution in [0.5, 0.6) is 0 Å². The molecule has 1 heterocycles. The molecule has 0 aromatic carbocycles. The molecule has 1 aliphatic heterocycles. The first kappa shape index (κ1) is 8.86. The Balaban J connectivity index is 2.21. The molecule has 0 aliphatic carbocycles. The summed E-state index contributed by atoms with van der Waals surface area (Å²) in [5.41, 5.74) is 0. The number of carbonyl (C=O) groups is 3. The number of nitrogens with one attached hydrogen (secondary N) is 1. The first-order valence-corrected chi connectivity index (χ1v) is 3.63. The van der Waals surface area contributed by atoms with E-state index in [4.69, 9.17) is 5.11 Å². The SMILES string of the molecule is O=C(O)C(=O)CCC1NCC1=O. The number of carboxylic acid groups (broad SMARTS) is 1. The molecule has 66 valence electrons. The number of carboxylic acids is 1. The van der Waals surface area contributed by atoms with Crippen LogP contribution < -0.4 is 5.32 Å². The van der Waals surface area contributed by atoms with Gasteiger partial charge < -0.3 is 10.4 Å². The zero-order valence-corrected chi connectivity index (χ0v) is 6.37. The summed E-state index contributed by atoms with van der Waals surface area (Å²) in [4.78, 5) is 31.3. The summed E-state index contributed by atoms with van der Waals surface area (Å²) in [5, 5.41) is 11.0. The van der Waals surface area contributed by atoms with Gasteiger partial charge in [-0.2, -0.15) is 0 Å². The topological polar surface area (TPSA) is 83.5 Å². The average Bonchev–Trinajstić information content (AvgIpc) is 2.01. The van der Waals surface area contributed by atoms with Crippen LogP contribution >= 0.6 is 0 Å². The van der Waals surface area contributed by atoms with Crippen molar-refractivity contribution in [2.45, 2.75) is 18.9 Å². The van der Waals surface area contributed by atoms with E-state index in [1.807, 2.05) is 0 Å². The minimum atomic E-state index is -1.43. The van der Waals surface area contributed by atoms with Crippen molar-refractivity contribution < 1.29 is 19.5 Å². The quantitative estimate of drug-likeness (QED) is 0.528. The Morgan fingerprint density at radius 1 is 1.58 bits per heavy atom. The van der Waals surface area contributed by atoms with Crippen molar-refractivity contribution in [3.05, 3.63) is 0 Å². The Labute approximate surface area is 68.8 Å². The van der Waals surface area contributed by atoms with Gasteiger partial charge >= 0.3 is 5.97 Å². The van der Waals surface area contributed by atoms with Crippen molar-refractivity contribution >= 4 is 17.5 Å². The lowest BCUT2D eigenvalue weighted by molar-refractivity contribution is -0.149. The fourth-order valence-electron chi connectivity index (χ4n) is 0.975. The van der Waals surface area contributed by atoms with E-state index < -0.39 is 11.8 Å². The van der Waals surface area contributed by atoms with Crippen LogP contribution in [0.4, 0.5) is 0 Å². The van der Waals surface area contributed by atoms with Crippen LogP contribution in [-0.2, 0) is 14.4 Å². The molecule has 0 aromatic heterocycles. The molecule has 1 atom stereocenters. The van der Waals surface area contributed by atoms with E-state index >= 15 is 0 Å². The number of hydrogen-bond acceptors (Lipinski definition) is 4. The monoisotopic (exact) mass is 171 g/mol. The van der Waals surface area contributed by atoms with Gasteiger partial charge in [0.25, 0.3) is 0 Å². The molecule has 0 spiro atoms. The molecule has 0 amide bonds. The lowest BCUT2D eigenvalue weighted by atomic mass is 9.99. The Morgan fingerprint density at radius 3 is 2.58 bits per heavy atom. The van der Waals surface area contributed by atoms with Crippen LogP contribution in [-0.4, -0.2) is 35.2 Å². The number of ketones is 2. The molecular formula is C7H9NO4.